The lowest BCUT2D eigenvalue weighted by molar-refractivity contribution is -0.146. The highest BCUT2D eigenvalue weighted by Gasteiger charge is 2.42. The zero-order valence-corrected chi connectivity index (χ0v) is 16.3. The zero-order chi connectivity index (χ0) is 19.7. The molecule has 0 spiro atoms. The van der Waals surface area contributed by atoms with E-state index in [0.29, 0.717) is 12.2 Å². The van der Waals surface area contributed by atoms with Crippen molar-refractivity contribution in [2.75, 3.05) is 6.61 Å². The predicted molar refractivity (Wildman–Crippen MR) is 106 cm³/mol. The minimum absolute atomic E-state index is 0.111. The topological polar surface area (TPSA) is 52.6 Å². The van der Waals surface area contributed by atoms with E-state index in [1.54, 1.807) is 12.1 Å². The molecular formula is C23H28O4. The molecule has 2 rings (SSSR count). The maximum atomic E-state index is 13.6. The fourth-order valence-electron chi connectivity index (χ4n) is 3.07. The summed E-state index contributed by atoms with van der Waals surface area (Å²) in [7, 11) is 0. The quantitative estimate of drug-likeness (QED) is 0.441. The van der Waals surface area contributed by atoms with E-state index in [2.05, 4.69) is 0 Å². The molecule has 0 saturated carbocycles. The Morgan fingerprint density at radius 2 is 1.56 bits per heavy atom. The van der Waals surface area contributed by atoms with E-state index in [9.17, 15) is 9.59 Å². The van der Waals surface area contributed by atoms with Gasteiger partial charge in [0.25, 0.3) is 0 Å². The summed E-state index contributed by atoms with van der Waals surface area (Å²) in [6, 6.07) is 18.5. The van der Waals surface area contributed by atoms with Crippen molar-refractivity contribution < 1.29 is 19.1 Å². The fourth-order valence-corrected chi connectivity index (χ4v) is 3.07. The van der Waals surface area contributed by atoms with Crippen LogP contribution in [0.15, 0.2) is 60.7 Å². The molecule has 4 nitrogen and oxygen atoms in total. The molecule has 0 aliphatic rings. The van der Waals surface area contributed by atoms with E-state index >= 15 is 0 Å². The molecule has 0 aliphatic heterocycles. The fraction of sp³-hybridized carbons (Fsp3) is 0.391. The summed E-state index contributed by atoms with van der Waals surface area (Å²) >= 11 is 0. The summed E-state index contributed by atoms with van der Waals surface area (Å²) < 4.78 is 11.4. The number of carbonyl (C=O) groups excluding carboxylic acids is 2. The molecule has 0 radical (unpaired) electrons. The molecule has 2 aromatic carbocycles. The van der Waals surface area contributed by atoms with Gasteiger partial charge in [0.2, 0.25) is 0 Å². The predicted octanol–water partition coefficient (Wildman–Crippen LogP) is 4.92. The SMILES string of the molecule is CCCOC(=O)CCC(OC(C)C)(C(=O)c1ccccc1)c1ccccc1. The molecule has 0 fully saturated rings. The minimum Gasteiger partial charge on any atom is -0.466 e. The first-order valence-corrected chi connectivity index (χ1v) is 9.48. The van der Waals surface area contributed by atoms with Gasteiger partial charge in [0, 0.05) is 12.0 Å². The lowest BCUT2D eigenvalue weighted by Crippen LogP contribution is -2.41. The van der Waals surface area contributed by atoms with E-state index in [1.807, 2.05) is 69.3 Å². The second-order valence-electron chi connectivity index (χ2n) is 6.78. The number of esters is 1. The summed E-state index contributed by atoms with van der Waals surface area (Å²) in [6.07, 6.45) is 0.914. The van der Waals surface area contributed by atoms with Crippen LogP contribution in [-0.2, 0) is 19.9 Å². The van der Waals surface area contributed by atoms with Crippen molar-refractivity contribution in [1.82, 2.24) is 0 Å². The van der Waals surface area contributed by atoms with Gasteiger partial charge < -0.3 is 9.47 Å². The Morgan fingerprint density at radius 1 is 0.963 bits per heavy atom. The summed E-state index contributed by atoms with van der Waals surface area (Å²) in [4.78, 5) is 25.7. The molecule has 4 heteroatoms. The van der Waals surface area contributed by atoms with E-state index in [4.69, 9.17) is 9.47 Å². The van der Waals surface area contributed by atoms with Crippen molar-refractivity contribution in [3.8, 4) is 0 Å². The van der Waals surface area contributed by atoms with Crippen molar-refractivity contribution in [3.05, 3.63) is 71.8 Å². The smallest absolute Gasteiger partial charge is 0.305 e. The van der Waals surface area contributed by atoms with Crippen molar-refractivity contribution in [2.45, 2.75) is 51.7 Å². The largest absolute Gasteiger partial charge is 0.466 e. The zero-order valence-electron chi connectivity index (χ0n) is 16.3. The lowest BCUT2D eigenvalue weighted by Gasteiger charge is -2.35. The molecule has 2 aromatic rings. The van der Waals surface area contributed by atoms with Crippen LogP contribution in [-0.4, -0.2) is 24.5 Å². The van der Waals surface area contributed by atoms with Crippen LogP contribution in [0, 0.1) is 0 Å². The summed E-state index contributed by atoms with van der Waals surface area (Å²) in [5.74, 6) is -0.461. The number of ether oxygens (including phenoxy) is 2. The number of benzene rings is 2. The molecule has 0 heterocycles. The Labute approximate surface area is 161 Å². The van der Waals surface area contributed by atoms with Crippen molar-refractivity contribution >= 4 is 11.8 Å². The summed E-state index contributed by atoms with van der Waals surface area (Å²) in [5, 5.41) is 0. The summed E-state index contributed by atoms with van der Waals surface area (Å²) in [5.41, 5.74) is 0.0712. The number of Topliss-reactive ketones (excluding diaryl/α,β-unsaturated/α-hetero) is 1. The molecule has 144 valence electrons. The maximum absolute atomic E-state index is 13.6. The van der Waals surface area contributed by atoms with Gasteiger partial charge in [0.1, 0.15) is 0 Å². The van der Waals surface area contributed by atoms with Gasteiger partial charge in [-0.1, -0.05) is 67.6 Å². The van der Waals surface area contributed by atoms with Gasteiger partial charge in [-0.3, -0.25) is 9.59 Å². The molecule has 0 amide bonds. The lowest BCUT2D eigenvalue weighted by atomic mass is 9.81. The number of rotatable bonds is 10. The van der Waals surface area contributed by atoms with Crippen LogP contribution in [0.1, 0.15) is 56.0 Å². The number of hydrogen-bond donors (Lipinski definition) is 0. The van der Waals surface area contributed by atoms with Gasteiger partial charge >= 0.3 is 5.97 Å². The monoisotopic (exact) mass is 368 g/mol. The van der Waals surface area contributed by atoms with Crippen LogP contribution >= 0.6 is 0 Å². The molecular weight excluding hydrogens is 340 g/mol. The van der Waals surface area contributed by atoms with Crippen molar-refractivity contribution in [2.24, 2.45) is 0 Å². The number of ketones is 1. The van der Waals surface area contributed by atoms with E-state index in [0.717, 1.165) is 12.0 Å². The summed E-state index contributed by atoms with van der Waals surface area (Å²) in [6.45, 7) is 6.12. The first kappa shape index (κ1) is 20.8. The average Bonchev–Trinajstić information content (AvgIpc) is 2.70. The molecule has 0 aromatic heterocycles. The highest BCUT2D eigenvalue weighted by atomic mass is 16.5. The molecule has 27 heavy (non-hydrogen) atoms. The third-order valence-corrected chi connectivity index (χ3v) is 4.23. The Morgan fingerprint density at radius 3 is 2.11 bits per heavy atom. The van der Waals surface area contributed by atoms with Crippen LogP contribution in [0.4, 0.5) is 0 Å². The van der Waals surface area contributed by atoms with Crippen LogP contribution in [0.3, 0.4) is 0 Å². The Balaban J connectivity index is 2.43. The third-order valence-electron chi connectivity index (χ3n) is 4.23. The third kappa shape index (κ3) is 5.51. The average molecular weight is 368 g/mol. The molecule has 0 saturated heterocycles. The molecule has 1 unspecified atom stereocenters. The van der Waals surface area contributed by atoms with Crippen molar-refractivity contribution in [3.63, 3.8) is 0 Å². The number of hydrogen-bond acceptors (Lipinski definition) is 4. The van der Waals surface area contributed by atoms with E-state index in [1.165, 1.54) is 0 Å². The van der Waals surface area contributed by atoms with Crippen LogP contribution < -0.4 is 0 Å². The minimum atomic E-state index is -1.23. The van der Waals surface area contributed by atoms with Crippen molar-refractivity contribution in [1.29, 1.82) is 0 Å². The maximum Gasteiger partial charge on any atom is 0.305 e. The van der Waals surface area contributed by atoms with E-state index in [-0.39, 0.29) is 30.7 Å². The van der Waals surface area contributed by atoms with Crippen LogP contribution in [0.25, 0.3) is 0 Å². The van der Waals surface area contributed by atoms with Gasteiger partial charge in [0.05, 0.1) is 12.7 Å². The molecule has 0 N–H and O–H groups in total. The molecule has 0 aliphatic carbocycles. The Kier molecular flexibility index (Phi) is 7.74. The highest BCUT2D eigenvalue weighted by molar-refractivity contribution is 6.03. The Bertz CT molecular complexity index is 725. The van der Waals surface area contributed by atoms with Crippen LogP contribution in [0.5, 0.6) is 0 Å². The molecule has 0 bridgehead atoms. The second-order valence-corrected chi connectivity index (χ2v) is 6.78. The number of carbonyl (C=O) groups is 2. The molecule has 1 atom stereocenters. The van der Waals surface area contributed by atoms with Gasteiger partial charge in [0.15, 0.2) is 11.4 Å². The normalized spacial score (nSPS) is 13.2. The Hall–Kier alpha value is -2.46. The van der Waals surface area contributed by atoms with Gasteiger partial charge in [-0.25, -0.2) is 0 Å². The van der Waals surface area contributed by atoms with Gasteiger partial charge in [-0.2, -0.15) is 0 Å². The second kappa shape index (κ2) is 10.0. The van der Waals surface area contributed by atoms with Gasteiger partial charge in [-0.05, 0) is 32.3 Å². The van der Waals surface area contributed by atoms with Gasteiger partial charge in [-0.15, -0.1) is 0 Å². The standard InChI is InChI=1S/C23H28O4/c1-4-17-26-21(24)15-16-23(27-18(2)3,20-13-9-6-10-14-20)22(25)19-11-7-5-8-12-19/h5-14,18H,4,15-17H2,1-3H3. The first-order valence-electron chi connectivity index (χ1n) is 9.48. The highest BCUT2D eigenvalue weighted by Crippen LogP contribution is 2.36. The van der Waals surface area contributed by atoms with E-state index < -0.39 is 5.60 Å². The first-order chi connectivity index (χ1) is 13.0. The van der Waals surface area contributed by atoms with Crippen LogP contribution in [0.2, 0.25) is 0 Å².